The summed E-state index contributed by atoms with van der Waals surface area (Å²) in [5.41, 5.74) is 5.54. The van der Waals surface area contributed by atoms with E-state index in [1.165, 1.54) is 18.1 Å². The summed E-state index contributed by atoms with van der Waals surface area (Å²) in [6, 6.07) is 11.8. The van der Waals surface area contributed by atoms with Crippen LogP contribution in [0.2, 0.25) is 0 Å². The molecule has 0 radical (unpaired) electrons. The monoisotopic (exact) mass is 406 g/mol. The Kier molecular flexibility index (Phi) is 5.83. The first kappa shape index (κ1) is 16.8. The molecule has 1 aromatic carbocycles. The molecule has 0 saturated carbocycles. The summed E-state index contributed by atoms with van der Waals surface area (Å²) in [7, 11) is 0. The number of aliphatic imine (C=N–C) groups is 1. The number of rotatable bonds is 5. The molecule has 1 heterocycles. The molecule has 0 aliphatic carbocycles. The minimum absolute atomic E-state index is 0.0310. The van der Waals surface area contributed by atoms with Gasteiger partial charge in [0.15, 0.2) is 5.78 Å². The lowest BCUT2D eigenvalue weighted by molar-refractivity contribution is 0.101. The number of Topliss-reactive ketones (excluding diaryl/α,β-unsaturated/α-hetero) is 1. The molecule has 3 nitrogen and oxygen atoms in total. The minimum atomic E-state index is -0.0310. The van der Waals surface area contributed by atoms with Gasteiger partial charge in [-0.3, -0.25) is 9.79 Å². The molecule has 2 rings (SSSR count). The second kappa shape index (κ2) is 7.63. The fraction of sp³-hybridized carbons (Fsp3) is 0.278. The van der Waals surface area contributed by atoms with Crippen molar-refractivity contribution in [3.05, 3.63) is 58.9 Å². The highest BCUT2D eigenvalue weighted by atomic mass is 127. The highest BCUT2D eigenvalue weighted by Crippen LogP contribution is 2.28. The van der Waals surface area contributed by atoms with Crippen LogP contribution in [0.1, 0.15) is 48.1 Å². The van der Waals surface area contributed by atoms with Crippen molar-refractivity contribution in [3.63, 3.8) is 0 Å². The van der Waals surface area contributed by atoms with Crippen LogP contribution in [0.15, 0.2) is 41.4 Å². The third-order valence-corrected chi connectivity index (χ3v) is 4.31. The van der Waals surface area contributed by atoms with Gasteiger partial charge in [-0.05, 0) is 36.6 Å². The fourth-order valence-corrected chi connectivity index (χ4v) is 2.85. The van der Waals surface area contributed by atoms with Gasteiger partial charge in [0, 0.05) is 11.4 Å². The van der Waals surface area contributed by atoms with Gasteiger partial charge in [-0.2, -0.15) is 0 Å². The fourth-order valence-electron chi connectivity index (χ4n) is 2.24. The lowest BCUT2D eigenvalue weighted by atomic mass is 10.1. The van der Waals surface area contributed by atoms with Gasteiger partial charge < -0.3 is 0 Å². The predicted molar refractivity (Wildman–Crippen MR) is 99.7 cm³/mol. The number of para-hydroxylation sites is 1. The topological polar surface area (TPSA) is 42.3 Å². The van der Waals surface area contributed by atoms with E-state index in [1.807, 2.05) is 19.1 Å². The number of alkyl halides is 1. The Bertz CT molecular complexity index is 701. The predicted octanol–water partition coefficient (Wildman–Crippen LogP) is 4.92. The van der Waals surface area contributed by atoms with Crippen LogP contribution in [0.3, 0.4) is 0 Å². The van der Waals surface area contributed by atoms with Crippen molar-refractivity contribution in [3.8, 4) is 0 Å². The molecule has 0 saturated heterocycles. The molecule has 0 aliphatic rings. The van der Waals surface area contributed by atoms with E-state index in [0.717, 1.165) is 27.9 Å². The summed E-state index contributed by atoms with van der Waals surface area (Å²) in [4.78, 5) is 20.7. The summed E-state index contributed by atoms with van der Waals surface area (Å²) >= 11 is 2.36. The molecular formula is C18H19IN2O. The molecule has 22 heavy (non-hydrogen) atoms. The van der Waals surface area contributed by atoms with Crippen molar-refractivity contribution in [2.45, 2.75) is 31.6 Å². The van der Waals surface area contributed by atoms with Gasteiger partial charge in [0.05, 0.1) is 17.1 Å². The standard InChI is InChI=1S/C18H19IN2O/c1-4-14-7-5-8-15(11-19)18(14)20-12(2)16-9-6-10-17(21-16)13(3)22/h5-10H,4,11H2,1-3H3/b20-12+. The average Bonchev–Trinajstić information content (AvgIpc) is 2.55. The molecule has 0 fully saturated rings. The van der Waals surface area contributed by atoms with E-state index in [0.29, 0.717) is 5.69 Å². The van der Waals surface area contributed by atoms with E-state index in [1.54, 1.807) is 6.07 Å². The highest BCUT2D eigenvalue weighted by molar-refractivity contribution is 14.1. The lowest BCUT2D eigenvalue weighted by Crippen LogP contribution is -2.04. The number of nitrogens with zero attached hydrogens (tertiary/aromatic N) is 2. The van der Waals surface area contributed by atoms with Gasteiger partial charge in [-0.15, -0.1) is 0 Å². The number of benzene rings is 1. The number of halogens is 1. The molecule has 114 valence electrons. The number of hydrogen-bond acceptors (Lipinski definition) is 3. The molecule has 0 aliphatic heterocycles. The van der Waals surface area contributed by atoms with Crippen molar-refractivity contribution in [2.75, 3.05) is 0 Å². The van der Waals surface area contributed by atoms with Crippen molar-refractivity contribution in [1.82, 2.24) is 4.98 Å². The third-order valence-electron chi connectivity index (χ3n) is 3.49. The molecule has 4 heteroatoms. The first-order chi connectivity index (χ1) is 10.6. The van der Waals surface area contributed by atoms with Crippen LogP contribution in [0.25, 0.3) is 0 Å². The Labute approximate surface area is 145 Å². The second-order valence-electron chi connectivity index (χ2n) is 5.07. The van der Waals surface area contributed by atoms with Crippen LogP contribution in [-0.2, 0) is 10.8 Å². The summed E-state index contributed by atoms with van der Waals surface area (Å²) in [5.74, 6) is -0.0310. The summed E-state index contributed by atoms with van der Waals surface area (Å²) < 4.78 is 0.915. The van der Waals surface area contributed by atoms with Crippen LogP contribution in [-0.4, -0.2) is 16.5 Å². The second-order valence-corrected chi connectivity index (χ2v) is 5.84. The summed E-state index contributed by atoms with van der Waals surface area (Å²) in [6.07, 6.45) is 0.942. The van der Waals surface area contributed by atoms with Crippen molar-refractivity contribution in [1.29, 1.82) is 0 Å². The molecule has 0 bridgehead atoms. The van der Waals surface area contributed by atoms with Crippen LogP contribution >= 0.6 is 22.6 Å². The first-order valence-corrected chi connectivity index (χ1v) is 8.79. The van der Waals surface area contributed by atoms with Crippen LogP contribution in [0.4, 0.5) is 5.69 Å². The van der Waals surface area contributed by atoms with Gasteiger partial charge in [0.2, 0.25) is 0 Å². The number of carbonyl (C=O) groups excluding carboxylic acids is 1. The largest absolute Gasteiger partial charge is 0.293 e. The van der Waals surface area contributed by atoms with Crippen LogP contribution in [0, 0.1) is 0 Å². The molecule has 0 spiro atoms. The van der Waals surface area contributed by atoms with Gasteiger partial charge in [0.1, 0.15) is 5.69 Å². The Hall–Kier alpha value is -1.56. The number of ketones is 1. The third kappa shape index (κ3) is 3.80. The van der Waals surface area contributed by atoms with Crippen molar-refractivity contribution >= 4 is 39.8 Å². The van der Waals surface area contributed by atoms with E-state index < -0.39 is 0 Å². The number of hydrogen-bond donors (Lipinski definition) is 0. The molecule has 0 amide bonds. The van der Waals surface area contributed by atoms with Gasteiger partial charge in [-0.1, -0.05) is 53.8 Å². The smallest absolute Gasteiger partial charge is 0.178 e. The molecule has 0 N–H and O–H groups in total. The van der Waals surface area contributed by atoms with E-state index >= 15 is 0 Å². The zero-order chi connectivity index (χ0) is 16.1. The van der Waals surface area contributed by atoms with E-state index in [9.17, 15) is 4.79 Å². The quantitative estimate of drug-likeness (QED) is 0.306. The van der Waals surface area contributed by atoms with Crippen molar-refractivity contribution in [2.24, 2.45) is 4.99 Å². The molecule has 2 aromatic rings. The minimum Gasteiger partial charge on any atom is -0.293 e. The van der Waals surface area contributed by atoms with Gasteiger partial charge in [0.25, 0.3) is 0 Å². The van der Waals surface area contributed by atoms with E-state index in [4.69, 9.17) is 4.99 Å². The SMILES string of the molecule is CCc1cccc(CI)c1/N=C(\C)c1cccc(C(C)=O)n1. The highest BCUT2D eigenvalue weighted by Gasteiger charge is 2.09. The number of carbonyl (C=O) groups is 1. The average molecular weight is 406 g/mol. The molecule has 0 unspecified atom stereocenters. The molecule has 0 atom stereocenters. The Morgan fingerprint density at radius 3 is 2.36 bits per heavy atom. The maximum atomic E-state index is 11.5. The Morgan fingerprint density at radius 2 is 1.73 bits per heavy atom. The maximum absolute atomic E-state index is 11.5. The van der Waals surface area contributed by atoms with E-state index in [2.05, 4.69) is 52.7 Å². The summed E-state index contributed by atoms with van der Waals surface area (Å²) in [6.45, 7) is 5.60. The number of pyridine rings is 1. The van der Waals surface area contributed by atoms with Crippen LogP contribution < -0.4 is 0 Å². The maximum Gasteiger partial charge on any atom is 0.178 e. The summed E-state index contributed by atoms with van der Waals surface area (Å²) in [5, 5.41) is 0. The van der Waals surface area contributed by atoms with Gasteiger partial charge in [-0.25, -0.2) is 4.98 Å². The number of aromatic nitrogens is 1. The Morgan fingerprint density at radius 1 is 1.09 bits per heavy atom. The number of aryl methyl sites for hydroxylation is 1. The Balaban J connectivity index is 2.49. The zero-order valence-corrected chi connectivity index (χ0v) is 15.2. The first-order valence-electron chi connectivity index (χ1n) is 7.27. The van der Waals surface area contributed by atoms with E-state index in [-0.39, 0.29) is 5.78 Å². The van der Waals surface area contributed by atoms with Crippen LogP contribution in [0.5, 0.6) is 0 Å². The normalized spacial score (nSPS) is 11.5. The molecule has 1 aromatic heterocycles. The van der Waals surface area contributed by atoms with Gasteiger partial charge >= 0.3 is 0 Å². The molecular weight excluding hydrogens is 387 g/mol. The van der Waals surface area contributed by atoms with Crippen molar-refractivity contribution < 1.29 is 4.79 Å². The zero-order valence-electron chi connectivity index (χ0n) is 13.1. The lowest BCUT2D eigenvalue weighted by Gasteiger charge is -2.10.